The number of benzene rings is 6. The summed E-state index contributed by atoms with van der Waals surface area (Å²) in [5, 5.41) is 28.3. The molecule has 15 heteroatoms. The van der Waals surface area contributed by atoms with Crippen LogP contribution in [0.15, 0.2) is 146 Å². The predicted octanol–water partition coefficient (Wildman–Crippen LogP) is 9.16. The van der Waals surface area contributed by atoms with E-state index in [9.17, 15) is 5.41 Å². The standard InChI is InChI=1S/C57H55N15/c1-34(71-54-45(50(59)62-31-63-54)44(66-71)29-39-22-14-20-36-17-10-12-23-41(36)39)70-33-65-55-47(52(70)61)49(40-27-26-35-16-8-9-19-38(35)28-40)67-72(55)57(5,6)30-69-32-64-53(68(7)56(2,3)4)46(51(69)60)48(58)43-25-15-21-37-18-11-13-24-42(37)43/h8-28,31-34,58,60-61H,29-30H2,1-7H3,(H2,59,62,63,66)/p+2. The van der Waals surface area contributed by atoms with E-state index < -0.39 is 11.7 Å². The Labute approximate surface area is 416 Å². The molecule has 0 spiro atoms. The zero-order chi connectivity index (χ0) is 50.2. The first kappa shape index (κ1) is 45.6. The summed E-state index contributed by atoms with van der Waals surface area (Å²) in [7, 11) is 1.99. The molecule has 0 saturated heterocycles. The Morgan fingerprint density at radius 3 is 2.10 bits per heavy atom. The molecule has 0 aliphatic carbocycles. The van der Waals surface area contributed by atoms with E-state index in [1.54, 1.807) is 12.7 Å². The van der Waals surface area contributed by atoms with Crippen LogP contribution in [-0.4, -0.2) is 57.8 Å². The van der Waals surface area contributed by atoms with E-state index in [-0.39, 0.29) is 11.3 Å². The molecule has 15 nitrogen and oxygen atoms in total. The molecule has 5 heterocycles. The molecule has 1 atom stereocenters. The van der Waals surface area contributed by atoms with Gasteiger partial charge in [0.15, 0.2) is 11.8 Å². The quantitative estimate of drug-likeness (QED) is 0.0716. The van der Waals surface area contributed by atoms with Crippen molar-refractivity contribution >= 4 is 83.4 Å². The number of rotatable bonds is 11. The molecule has 72 heavy (non-hydrogen) atoms. The van der Waals surface area contributed by atoms with E-state index in [0.717, 1.165) is 54.7 Å². The van der Waals surface area contributed by atoms with Gasteiger partial charge in [-0.05, 0) is 85.5 Å². The molecular weight excluding hydrogens is 895 g/mol. The van der Waals surface area contributed by atoms with Gasteiger partial charge >= 0.3 is 0 Å². The van der Waals surface area contributed by atoms with Crippen molar-refractivity contribution in [3.05, 3.63) is 169 Å². The summed E-state index contributed by atoms with van der Waals surface area (Å²) >= 11 is 0. The van der Waals surface area contributed by atoms with Gasteiger partial charge in [0.05, 0.1) is 28.9 Å². The van der Waals surface area contributed by atoms with E-state index in [2.05, 4.69) is 117 Å². The first-order valence-corrected chi connectivity index (χ1v) is 24.1. The molecule has 0 saturated carbocycles. The lowest BCUT2D eigenvalue weighted by atomic mass is 9.95. The Balaban J connectivity index is 1.04. The van der Waals surface area contributed by atoms with Crippen molar-refractivity contribution in [2.24, 2.45) is 0 Å². The molecule has 7 N–H and O–H groups in total. The maximum atomic E-state index is 9.84. The lowest BCUT2D eigenvalue weighted by Gasteiger charge is -2.33. The van der Waals surface area contributed by atoms with Crippen molar-refractivity contribution in [1.29, 1.82) is 5.41 Å². The lowest BCUT2D eigenvalue weighted by molar-refractivity contribution is -0.713. The fourth-order valence-corrected chi connectivity index (χ4v) is 10.0. The van der Waals surface area contributed by atoms with Crippen molar-refractivity contribution in [1.82, 2.24) is 39.5 Å². The Morgan fingerprint density at radius 2 is 1.35 bits per heavy atom. The van der Waals surface area contributed by atoms with Gasteiger partial charge in [0, 0.05) is 30.1 Å². The minimum atomic E-state index is -0.787. The molecule has 5 aromatic heterocycles. The number of anilines is 4. The Kier molecular flexibility index (Phi) is 10.9. The van der Waals surface area contributed by atoms with Gasteiger partial charge in [-0.25, -0.2) is 28.5 Å². The third-order valence-electron chi connectivity index (χ3n) is 14.2. The highest BCUT2D eigenvalue weighted by Gasteiger charge is 2.37. The normalized spacial score (nSPS) is 12.7. The van der Waals surface area contributed by atoms with Gasteiger partial charge in [0.25, 0.3) is 0 Å². The maximum Gasteiger partial charge on any atom is 0.242 e. The number of aromatic nitrogens is 10. The minimum Gasteiger partial charge on any atom is -0.383 e. The molecule has 1 unspecified atom stereocenters. The third-order valence-corrected chi connectivity index (χ3v) is 14.2. The number of nitrogens with zero attached hydrogens (tertiary/aromatic N) is 11. The number of fused-ring (bicyclic) bond motifs is 5. The molecular formula is C57H57N15+2. The van der Waals surface area contributed by atoms with Crippen molar-refractivity contribution in [3.63, 3.8) is 0 Å². The Bertz CT molecular complexity index is 3940. The van der Waals surface area contributed by atoms with Crippen LogP contribution in [0.4, 0.5) is 23.3 Å². The van der Waals surface area contributed by atoms with Crippen molar-refractivity contribution in [3.8, 4) is 11.3 Å². The van der Waals surface area contributed by atoms with Crippen LogP contribution in [0, 0.1) is 5.41 Å². The summed E-state index contributed by atoms with van der Waals surface area (Å²) < 4.78 is 7.61. The topological polar surface area (TPSA) is 200 Å². The molecule has 0 amide bonds. The molecule has 0 bridgehead atoms. The second kappa shape index (κ2) is 17.2. The number of nitrogen functional groups attached to an aromatic ring is 3. The summed E-state index contributed by atoms with van der Waals surface area (Å²) in [5.74, 6) is 1.81. The molecule has 0 aliphatic rings. The monoisotopic (exact) mass is 951 g/mol. The first-order chi connectivity index (χ1) is 34.6. The van der Waals surface area contributed by atoms with Gasteiger partial charge < -0.3 is 22.1 Å². The minimum absolute atomic E-state index is 0.283. The van der Waals surface area contributed by atoms with Crippen LogP contribution in [-0.2, 0) is 18.5 Å². The third kappa shape index (κ3) is 7.64. The largest absolute Gasteiger partial charge is 0.383 e. The number of nitrogens with one attached hydrogen (secondary N) is 1. The van der Waals surface area contributed by atoms with Gasteiger partial charge in [0.2, 0.25) is 35.8 Å². The average Bonchev–Trinajstić information content (AvgIpc) is 3.97. The van der Waals surface area contributed by atoms with Crippen molar-refractivity contribution in [2.75, 3.05) is 29.1 Å². The zero-order valence-electron chi connectivity index (χ0n) is 41.5. The lowest BCUT2D eigenvalue weighted by Crippen LogP contribution is -2.50. The maximum absolute atomic E-state index is 9.84. The highest BCUT2D eigenvalue weighted by Crippen LogP contribution is 2.37. The van der Waals surface area contributed by atoms with Crippen LogP contribution in [0.25, 0.3) is 65.6 Å². The van der Waals surface area contributed by atoms with E-state index >= 15 is 0 Å². The number of nitrogens with two attached hydrogens (primary N) is 3. The van der Waals surface area contributed by atoms with E-state index in [1.165, 1.54) is 6.33 Å². The molecule has 11 aromatic rings. The van der Waals surface area contributed by atoms with E-state index in [1.807, 2.05) is 87.1 Å². The Hall–Kier alpha value is -8.85. The Morgan fingerprint density at radius 1 is 0.681 bits per heavy atom. The fourth-order valence-electron chi connectivity index (χ4n) is 10.0. The van der Waals surface area contributed by atoms with Crippen LogP contribution >= 0.6 is 0 Å². The van der Waals surface area contributed by atoms with E-state index in [0.29, 0.717) is 69.6 Å². The number of hydrogen-bond donors (Lipinski definition) is 4. The van der Waals surface area contributed by atoms with Gasteiger partial charge in [-0.3, -0.25) is 5.41 Å². The highest BCUT2D eigenvalue weighted by molar-refractivity contribution is 6.21. The molecule has 0 radical (unpaired) electrons. The van der Waals surface area contributed by atoms with Crippen LogP contribution in [0.3, 0.4) is 0 Å². The summed E-state index contributed by atoms with van der Waals surface area (Å²) in [6, 6.07) is 43.3. The van der Waals surface area contributed by atoms with Crippen LogP contribution in [0.1, 0.15) is 70.1 Å². The zero-order valence-corrected chi connectivity index (χ0v) is 41.5. The second-order valence-electron chi connectivity index (χ2n) is 20.3. The summed E-state index contributed by atoms with van der Waals surface area (Å²) in [5.41, 5.74) is 26.4. The van der Waals surface area contributed by atoms with Crippen LogP contribution < -0.4 is 31.2 Å². The van der Waals surface area contributed by atoms with Crippen molar-refractivity contribution in [2.45, 2.75) is 71.8 Å². The summed E-state index contributed by atoms with van der Waals surface area (Å²) in [4.78, 5) is 21.5. The van der Waals surface area contributed by atoms with Crippen LogP contribution in [0.5, 0.6) is 0 Å². The SMILES string of the molecule is CC(n1nc(Cc2cccc3ccccc23)c2c(N)ncnc21)[n+]1cnc2c(c(-c3ccc4ccccc4c3)nn2C(C)(C)C[n+]2cnc(N(C)C(C)(C)C)c(C(=N)c3cccc4ccccc34)c2N)c1N. The average molecular weight is 952 g/mol. The molecule has 6 aromatic carbocycles. The van der Waals surface area contributed by atoms with Crippen molar-refractivity contribution < 1.29 is 9.13 Å². The van der Waals surface area contributed by atoms with Gasteiger partial charge in [-0.15, -0.1) is 0 Å². The highest BCUT2D eigenvalue weighted by atomic mass is 15.4. The molecule has 358 valence electrons. The van der Waals surface area contributed by atoms with Gasteiger partial charge in [0.1, 0.15) is 28.8 Å². The predicted molar refractivity (Wildman–Crippen MR) is 288 cm³/mol. The summed E-state index contributed by atoms with van der Waals surface area (Å²) in [6.45, 7) is 12.9. The van der Waals surface area contributed by atoms with Gasteiger partial charge in [-0.2, -0.15) is 10.2 Å². The summed E-state index contributed by atoms with van der Waals surface area (Å²) in [6.07, 6.45) is 4.98. The fraction of sp³-hybridized carbons (Fsp3) is 0.211. The first-order valence-electron chi connectivity index (χ1n) is 24.1. The molecule has 11 rings (SSSR count). The van der Waals surface area contributed by atoms with Crippen LogP contribution in [0.2, 0.25) is 0 Å². The second-order valence-corrected chi connectivity index (χ2v) is 20.3. The number of hydrogen-bond acceptors (Lipinski definition) is 11. The smallest absolute Gasteiger partial charge is 0.242 e. The van der Waals surface area contributed by atoms with E-state index in [4.69, 9.17) is 42.4 Å². The van der Waals surface area contributed by atoms with Gasteiger partial charge in [-0.1, -0.05) is 131 Å². The molecule has 0 fully saturated rings. The molecule has 0 aliphatic heterocycles.